The van der Waals surface area contributed by atoms with Crippen molar-refractivity contribution in [2.75, 3.05) is 20.2 Å². The van der Waals surface area contributed by atoms with Gasteiger partial charge in [0.1, 0.15) is 15.9 Å². The minimum Gasteiger partial charge on any atom is -0.380 e. The maximum Gasteiger partial charge on any atom is 0.434 e. The van der Waals surface area contributed by atoms with Crippen LogP contribution >= 0.6 is 15.9 Å². The number of likely N-dealkylation sites (tertiary alicyclic amines) is 1. The predicted molar refractivity (Wildman–Crippen MR) is 111 cm³/mol. The number of nitrogens with zero attached hydrogens (tertiary/aromatic N) is 3. The molecule has 1 aliphatic rings. The van der Waals surface area contributed by atoms with E-state index >= 15 is 0 Å². The van der Waals surface area contributed by atoms with Crippen molar-refractivity contribution in [1.29, 1.82) is 0 Å². The highest BCUT2D eigenvalue weighted by molar-refractivity contribution is 9.10. The van der Waals surface area contributed by atoms with Crippen molar-refractivity contribution in [3.05, 3.63) is 68.4 Å². The summed E-state index contributed by atoms with van der Waals surface area (Å²) in [5.74, 6) is -1.32. The molecule has 1 saturated heterocycles. The van der Waals surface area contributed by atoms with E-state index in [0.29, 0.717) is 19.5 Å². The molecule has 1 unspecified atom stereocenters. The van der Waals surface area contributed by atoms with Gasteiger partial charge in [-0.2, -0.15) is 13.2 Å². The van der Waals surface area contributed by atoms with E-state index in [1.54, 1.807) is 7.11 Å². The summed E-state index contributed by atoms with van der Waals surface area (Å²) in [4.78, 5) is 30.2. The van der Waals surface area contributed by atoms with Crippen LogP contribution in [-0.2, 0) is 10.9 Å². The Labute approximate surface area is 187 Å². The molecule has 1 amide bonds. The summed E-state index contributed by atoms with van der Waals surface area (Å²) in [5.41, 5.74) is -2.47. The molecule has 11 heteroatoms. The topological polar surface area (TPSA) is 63.9 Å². The molecule has 0 aliphatic carbocycles. The first-order valence-electron chi connectivity index (χ1n) is 9.52. The smallest absolute Gasteiger partial charge is 0.380 e. The molecule has 1 aliphatic heterocycles. The van der Waals surface area contributed by atoms with Crippen LogP contribution in [0.25, 0.3) is 16.8 Å². The maximum atomic E-state index is 14.9. The number of fused-ring (bicyclic) bond motifs is 1. The zero-order valence-electron chi connectivity index (χ0n) is 16.6. The van der Waals surface area contributed by atoms with Crippen molar-refractivity contribution in [3.8, 4) is 11.1 Å². The van der Waals surface area contributed by atoms with E-state index in [4.69, 9.17) is 4.74 Å². The monoisotopic (exact) mass is 513 g/mol. The Morgan fingerprint density at radius 2 is 2.03 bits per heavy atom. The zero-order chi connectivity index (χ0) is 23.2. The standard InChI is InChI=1S/C21H16BrF4N3O3/c1-32-12-6-8-28(10-12)19(30)14-5-4-11(9-15(14)23)13-3-2-7-29-18(13)27-17(21(24,25)26)16(22)20(29)31/h2-5,7,9,12H,6,8,10H2,1H3. The minimum atomic E-state index is -4.86. The SMILES string of the molecule is COC1CCN(C(=O)c2ccc(-c3cccn4c(=O)c(Br)c(C(F)(F)F)nc34)cc2F)C1. The second-order valence-electron chi connectivity index (χ2n) is 7.28. The fourth-order valence-electron chi connectivity index (χ4n) is 3.68. The Balaban J connectivity index is 1.78. The summed E-state index contributed by atoms with van der Waals surface area (Å²) in [7, 11) is 1.54. The summed E-state index contributed by atoms with van der Waals surface area (Å²) in [6.45, 7) is 0.783. The van der Waals surface area contributed by atoms with Crippen LogP contribution in [0.1, 0.15) is 22.5 Å². The minimum absolute atomic E-state index is 0.108. The summed E-state index contributed by atoms with van der Waals surface area (Å²) < 4.78 is 60.4. The number of aromatic nitrogens is 2. The molecule has 0 N–H and O–H groups in total. The highest BCUT2D eigenvalue weighted by Gasteiger charge is 2.37. The van der Waals surface area contributed by atoms with Crippen molar-refractivity contribution in [2.45, 2.75) is 18.7 Å². The van der Waals surface area contributed by atoms with Gasteiger partial charge in [0.05, 0.1) is 11.7 Å². The van der Waals surface area contributed by atoms with Crippen LogP contribution in [0.4, 0.5) is 17.6 Å². The number of ether oxygens (including phenoxy) is 1. The van der Waals surface area contributed by atoms with Gasteiger partial charge in [-0.05, 0) is 52.2 Å². The first-order chi connectivity index (χ1) is 15.1. The molecule has 6 nitrogen and oxygen atoms in total. The number of carbonyl (C=O) groups excluding carboxylic acids is 1. The van der Waals surface area contributed by atoms with Crippen LogP contribution in [0, 0.1) is 5.82 Å². The number of hydrogen-bond acceptors (Lipinski definition) is 4. The van der Waals surface area contributed by atoms with Gasteiger partial charge >= 0.3 is 6.18 Å². The van der Waals surface area contributed by atoms with Gasteiger partial charge in [-0.15, -0.1) is 0 Å². The highest BCUT2D eigenvalue weighted by Crippen LogP contribution is 2.33. The molecule has 1 aromatic carbocycles. The van der Waals surface area contributed by atoms with Gasteiger partial charge in [0, 0.05) is 32.0 Å². The number of hydrogen-bond donors (Lipinski definition) is 0. The predicted octanol–water partition coefficient (Wildman–Crippen LogP) is 4.14. The lowest BCUT2D eigenvalue weighted by molar-refractivity contribution is -0.141. The van der Waals surface area contributed by atoms with Gasteiger partial charge in [0.25, 0.3) is 11.5 Å². The third kappa shape index (κ3) is 3.90. The van der Waals surface area contributed by atoms with E-state index in [2.05, 4.69) is 20.9 Å². The molecule has 0 radical (unpaired) electrons. The van der Waals surface area contributed by atoms with Crippen molar-refractivity contribution in [2.24, 2.45) is 0 Å². The fourth-order valence-corrected chi connectivity index (χ4v) is 4.19. The number of halogens is 5. The average Bonchev–Trinajstić information content (AvgIpc) is 3.24. The van der Waals surface area contributed by atoms with Crippen molar-refractivity contribution in [1.82, 2.24) is 14.3 Å². The molecule has 3 heterocycles. The number of carbonyl (C=O) groups is 1. The lowest BCUT2D eigenvalue weighted by Crippen LogP contribution is -2.30. The van der Waals surface area contributed by atoms with E-state index in [-0.39, 0.29) is 28.4 Å². The van der Waals surface area contributed by atoms with Gasteiger partial charge in [-0.1, -0.05) is 6.07 Å². The maximum absolute atomic E-state index is 14.9. The lowest BCUT2D eigenvalue weighted by atomic mass is 10.0. The molecule has 1 atom stereocenters. The van der Waals surface area contributed by atoms with Gasteiger partial charge in [0.15, 0.2) is 5.69 Å². The first kappa shape index (κ1) is 22.4. The zero-order valence-corrected chi connectivity index (χ0v) is 18.2. The van der Waals surface area contributed by atoms with E-state index < -0.39 is 33.6 Å². The number of pyridine rings is 1. The molecule has 0 spiro atoms. The third-order valence-electron chi connectivity index (χ3n) is 5.34. The van der Waals surface area contributed by atoms with Crippen molar-refractivity contribution in [3.63, 3.8) is 0 Å². The molecule has 4 rings (SSSR count). The van der Waals surface area contributed by atoms with Gasteiger partial charge in [-0.3, -0.25) is 14.0 Å². The summed E-state index contributed by atoms with van der Waals surface area (Å²) in [6, 6.07) is 6.61. The molecular weight excluding hydrogens is 498 g/mol. The van der Waals surface area contributed by atoms with Crippen molar-refractivity contribution < 1.29 is 27.1 Å². The number of alkyl halides is 3. The number of methoxy groups -OCH3 is 1. The van der Waals surface area contributed by atoms with Crippen LogP contribution in [-0.4, -0.2) is 46.5 Å². The molecule has 2 aromatic heterocycles. The fraction of sp³-hybridized carbons (Fsp3) is 0.286. The summed E-state index contributed by atoms with van der Waals surface area (Å²) in [6.07, 6.45) is -3.05. The Bertz CT molecular complexity index is 1280. The van der Waals surface area contributed by atoms with Crippen LogP contribution < -0.4 is 5.56 Å². The van der Waals surface area contributed by atoms with Crippen molar-refractivity contribution >= 4 is 27.5 Å². The van der Waals surface area contributed by atoms with E-state index in [0.717, 1.165) is 10.5 Å². The number of benzene rings is 1. The highest BCUT2D eigenvalue weighted by atomic mass is 79.9. The quantitative estimate of drug-likeness (QED) is 0.493. The number of rotatable bonds is 3. The average molecular weight is 514 g/mol. The van der Waals surface area contributed by atoms with Crippen LogP contribution in [0.2, 0.25) is 0 Å². The lowest BCUT2D eigenvalue weighted by Gasteiger charge is -2.17. The van der Waals surface area contributed by atoms with E-state index in [9.17, 15) is 27.2 Å². The third-order valence-corrected chi connectivity index (χ3v) is 6.06. The molecular formula is C21H16BrF4N3O3. The second-order valence-corrected chi connectivity index (χ2v) is 8.08. The Hall–Kier alpha value is -2.79. The van der Waals surface area contributed by atoms with E-state index in [1.165, 1.54) is 35.4 Å². The van der Waals surface area contributed by atoms with Crippen LogP contribution in [0.3, 0.4) is 0 Å². The molecule has 32 heavy (non-hydrogen) atoms. The number of amides is 1. The first-order valence-corrected chi connectivity index (χ1v) is 10.3. The Kier molecular flexibility index (Phi) is 5.80. The molecule has 3 aromatic rings. The van der Waals surface area contributed by atoms with Gasteiger partial charge in [0.2, 0.25) is 0 Å². The van der Waals surface area contributed by atoms with Gasteiger partial charge < -0.3 is 9.64 Å². The van der Waals surface area contributed by atoms with Crippen LogP contribution in [0.15, 0.2) is 45.8 Å². The Morgan fingerprint density at radius 3 is 2.66 bits per heavy atom. The van der Waals surface area contributed by atoms with Gasteiger partial charge in [-0.25, -0.2) is 9.37 Å². The normalized spacial score (nSPS) is 16.7. The summed E-state index contributed by atoms with van der Waals surface area (Å²) >= 11 is 2.67. The molecule has 168 valence electrons. The second kappa shape index (κ2) is 8.28. The molecule has 1 fully saturated rings. The Morgan fingerprint density at radius 1 is 1.28 bits per heavy atom. The summed E-state index contributed by atoms with van der Waals surface area (Å²) in [5, 5.41) is 0. The molecule has 0 bridgehead atoms. The van der Waals surface area contributed by atoms with Crippen LogP contribution in [0.5, 0.6) is 0 Å². The van der Waals surface area contributed by atoms with E-state index in [1.807, 2.05) is 0 Å². The molecule has 0 saturated carbocycles. The largest absolute Gasteiger partial charge is 0.434 e.